The lowest BCUT2D eigenvalue weighted by Crippen LogP contribution is -2.38. The Morgan fingerprint density at radius 3 is 2.57 bits per heavy atom. The number of hydrogen-bond donors (Lipinski definition) is 1. The Kier molecular flexibility index (Phi) is 4.97. The average molecular weight is 378 g/mol. The van der Waals surface area contributed by atoms with Gasteiger partial charge in [-0.05, 0) is 43.2 Å². The number of benzene rings is 2. The number of aromatic amines is 1. The van der Waals surface area contributed by atoms with Gasteiger partial charge in [0.25, 0.3) is 5.91 Å². The molecule has 1 fully saturated rings. The van der Waals surface area contributed by atoms with Gasteiger partial charge in [0.1, 0.15) is 11.6 Å². The average Bonchev–Trinajstić information content (AvgIpc) is 3.15. The van der Waals surface area contributed by atoms with Gasteiger partial charge < -0.3 is 9.64 Å². The van der Waals surface area contributed by atoms with E-state index in [1.54, 1.807) is 19.2 Å². The van der Waals surface area contributed by atoms with E-state index < -0.39 is 0 Å². The number of likely N-dealkylation sites (tertiary alicyclic amines) is 1. The van der Waals surface area contributed by atoms with Crippen molar-refractivity contribution in [3.05, 3.63) is 76.5 Å². The SMILES string of the molecule is COc1cccc(C(=O)N2CCC(c3nn(-c4ccccc4)c(=O)[nH]3)CC2)c1. The number of aromatic nitrogens is 3. The van der Waals surface area contributed by atoms with Crippen LogP contribution in [0.3, 0.4) is 0 Å². The van der Waals surface area contributed by atoms with Crippen LogP contribution in [0.5, 0.6) is 5.75 Å². The van der Waals surface area contributed by atoms with Gasteiger partial charge in [0.2, 0.25) is 0 Å². The molecule has 1 aliphatic heterocycles. The summed E-state index contributed by atoms with van der Waals surface area (Å²) in [6, 6.07) is 16.5. The van der Waals surface area contributed by atoms with Crippen molar-refractivity contribution < 1.29 is 9.53 Å². The molecule has 4 rings (SSSR count). The van der Waals surface area contributed by atoms with Crippen molar-refractivity contribution in [2.75, 3.05) is 20.2 Å². The molecule has 0 atom stereocenters. The van der Waals surface area contributed by atoms with Gasteiger partial charge in [-0.3, -0.25) is 9.78 Å². The van der Waals surface area contributed by atoms with Gasteiger partial charge in [0, 0.05) is 24.6 Å². The third-order valence-corrected chi connectivity index (χ3v) is 5.12. The quantitative estimate of drug-likeness (QED) is 0.757. The summed E-state index contributed by atoms with van der Waals surface area (Å²) in [4.78, 5) is 29.7. The predicted molar refractivity (Wildman–Crippen MR) is 105 cm³/mol. The summed E-state index contributed by atoms with van der Waals surface area (Å²) < 4.78 is 6.59. The molecule has 3 aromatic rings. The first-order chi connectivity index (χ1) is 13.7. The molecule has 1 aliphatic rings. The smallest absolute Gasteiger partial charge is 0.348 e. The molecule has 0 saturated carbocycles. The molecule has 1 N–H and O–H groups in total. The number of piperidine rings is 1. The van der Waals surface area contributed by atoms with Crippen LogP contribution in [0.25, 0.3) is 5.69 Å². The molecule has 0 radical (unpaired) electrons. The summed E-state index contributed by atoms with van der Waals surface area (Å²) in [5.74, 6) is 1.49. The maximum Gasteiger partial charge on any atom is 0.348 e. The van der Waals surface area contributed by atoms with Crippen LogP contribution in [-0.4, -0.2) is 45.8 Å². The molecule has 0 aliphatic carbocycles. The molecular formula is C21H22N4O3. The molecule has 0 bridgehead atoms. The van der Waals surface area contributed by atoms with Gasteiger partial charge in [-0.1, -0.05) is 24.3 Å². The van der Waals surface area contributed by atoms with Gasteiger partial charge in [-0.15, -0.1) is 5.10 Å². The lowest BCUT2D eigenvalue weighted by Gasteiger charge is -2.31. The first kappa shape index (κ1) is 18.0. The molecule has 144 valence electrons. The molecule has 1 saturated heterocycles. The summed E-state index contributed by atoms with van der Waals surface area (Å²) in [7, 11) is 1.59. The molecule has 0 spiro atoms. The number of rotatable bonds is 4. The van der Waals surface area contributed by atoms with Gasteiger partial charge in [0.05, 0.1) is 12.8 Å². The number of carbonyl (C=O) groups excluding carboxylic acids is 1. The molecule has 7 heteroatoms. The molecule has 0 unspecified atom stereocenters. The fraction of sp³-hybridized carbons (Fsp3) is 0.286. The number of ether oxygens (including phenoxy) is 1. The lowest BCUT2D eigenvalue weighted by molar-refractivity contribution is 0.0710. The Balaban J connectivity index is 1.44. The van der Waals surface area contributed by atoms with E-state index in [4.69, 9.17) is 4.74 Å². The fourth-order valence-electron chi connectivity index (χ4n) is 3.56. The first-order valence-electron chi connectivity index (χ1n) is 9.33. The number of nitrogens with zero attached hydrogens (tertiary/aromatic N) is 3. The third kappa shape index (κ3) is 3.55. The molecule has 28 heavy (non-hydrogen) atoms. The van der Waals surface area contributed by atoms with Crippen LogP contribution in [-0.2, 0) is 0 Å². The Morgan fingerprint density at radius 2 is 1.86 bits per heavy atom. The van der Waals surface area contributed by atoms with Gasteiger partial charge >= 0.3 is 5.69 Å². The van der Waals surface area contributed by atoms with Gasteiger partial charge in [-0.25, -0.2) is 4.79 Å². The number of nitrogens with one attached hydrogen (secondary N) is 1. The fourth-order valence-corrected chi connectivity index (χ4v) is 3.56. The Morgan fingerprint density at radius 1 is 1.11 bits per heavy atom. The van der Waals surface area contributed by atoms with E-state index in [9.17, 15) is 9.59 Å². The molecule has 1 aromatic heterocycles. The number of carbonyl (C=O) groups is 1. The maximum atomic E-state index is 12.7. The Bertz CT molecular complexity index is 1020. The van der Waals surface area contributed by atoms with E-state index in [1.165, 1.54) is 4.68 Å². The minimum atomic E-state index is -0.240. The zero-order chi connectivity index (χ0) is 19.5. The van der Waals surface area contributed by atoms with Crippen LogP contribution in [0.1, 0.15) is 34.9 Å². The van der Waals surface area contributed by atoms with E-state index in [2.05, 4.69) is 10.1 Å². The van der Waals surface area contributed by atoms with E-state index in [-0.39, 0.29) is 17.5 Å². The summed E-state index contributed by atoms with van der Waals surface area (Å²) in [5, 5.41) is 4.48. The lowest BCUT2D eigenvalue weighted by atomic mass is 9.95. The maximum absolute atomic E-state index is 12.7. The normalized spacial score (nSPS) is 14.8. The van der Waals surface area contributed by atoms with Crippen molar-refractivity contribution in [1.29, 1.82) is 0 Å². The van der Waals surface area contributed by atoms with E-state index in [0.717, 1.165) is 18.5 Å². The van der Waals surface area contributed by atoms with Crippen molar-refractivity contribution in [2.24, 2.45) is 0 Å². The highest BCUT2D eigenvalue weighted by molar-refractivity contribution is 5.94. The van der Waals surface area contributed by atoms with Crippen molar-refractivity contribution in [1.82, 2.24) is 19.7 Å². The standard InChI is InChI=1S/C21H22N4O3/c1-28-18-9-5-6-16(14-18)20(26)24-12-10-15(11-13-24)19-22-21(27)25(23-19)17-7-3-2-4-8-17/h2-9,14-15H,10-13H2,1H3,(H,22,23,27). The van der Waals surface area contributed by atoms with Crippen LogP contribution in [0, 0.1) is 0 Å². The molecule has 1 amide bonds. The minimum absolute atomic E-state index is 0.000610. The largest absolute Gasteiger partial charge is 0.497 e. The summed E-state index contributed by atoms with van der Waals surface area (Å²) >= 11 is 0. The highest BCUT2D eigenvalue weighted by Crippen LogP contribution is 2.26. The number of H-pyrrole nitrogens is 1. The van der Waals surface area contributed by atoms with Crippen LogP contribution >= 0.6 is 0 Å². The number of amides is 1. The van der Waals surface area contributed by atoms with Crippen LogP contribution in [0.4, 0.5) is 0 Å². The topological polar surface area (TPSA) is 80.2 Å². The summed E-state index contributed by atoms with van der Waals surface area (Å²) in [5.41, 5.74) is 1.12. The van der Waals surface area contributed by atoms with Gasteiger partial charge in [-0.2, -0.15) is 4.68 Å². The van der Waals surface area contributed by atoms with Gasteiger partial charge in [0.15, 0.2) is 0 Å². The van der Waals surface area contributed by atoms with Crippen LogP contribution in [0.2, 0.25) is 0 Å². The summed E-state index contributed by atoms with van der Waals surface area (Å²) in [6.45, 7) is 1.25. The van der Waals surface area contributed by atoms with Crippen molar-refractivity contribution in [2.45, 2.75) is 18.8 Å². The predicted octanol–water partition coefficient (Wildman–Crippen LogP) is 2.59. The second-order valence-electron chi connectivity index (χ2n) is 6.86. The number of para-hydroxylation sites is 1. The van der Waals surface area contributed by atoms with E-state index in [0.29, 0.717) is 30.2 Å². The molecule has 7 nitrogen and oxygen atoms in total. The van der Waals surface area contributed by atoms with Crippen LogP contribution < -0.4 is 10.4 Å². The van der Waals surface area contributed by atoms with E-state index >= 15 is 0 Å². The van der Waals surface area contributed by atoms with Crippen molar-refractivity contribution in [3.63, 3.8) is 0 Å². The molecule has 2 heterocycles. The zero-order valence-corrected chi connectivity index (χ0v) is 15.7. The first-order valence-corrected chi connectivity index (χ1v) is 9.33. The number of hydrogen-bond acceptors (Lipinski definition) is 4. The Labute approximate surface area is 162 Å². The molecular weight excluding hydrogens is 356 g/mol. The highest BCUT2D eigenvalue weighted by atomic mass is 16.5. The highest BCUT2D eigenvalue weighted by Gasteiger charge is 2.27. The van der Waals surface area contributed by atoms with Crippen LogP contribution in [0.15, 0.2) is 59.4 Å². The Hall–Kier alpha value is -3.35. The second-order valence-corrected chi connectivity index (χ2v) is 6.86. The van der Waals surface area contributed by atoms with E-state index in [1.807, 2.05) is 47.4 Å². The summed E-state index contributed by atoms with van der Waals surface area (Å²) in [6.07, 6.45) is 1.52. The second kappa shape index (κ2) is 7.72. The third-order valence-electron chi connectivity index (χ3n) is 5.12. The van der Waals surface area contributed by atoms with Crippen molar-refractivity contribution >= 4 is 5.91 Å². The van der Waals surface area contributed by atoms with Crippen molar-refractivity contribution in [3.8, 4) is 11.4 Å². The monoisotopic (exact) mass is 378 g/mol. The zero-order valence-electron chi connectivity index (χ0n) is 15.7. The number of methoxy groups -OCH3 is 1. The molecule has 2 aromatic carbocycles. The minimum Gasteiger partial charge on any atom is -0.497 e.